The molecule has 0 fully saturated rings. The average Bonchev–Trinajstić information content (AvgIpc) is 2.84. The Labute approximate surface area is 136 Å². The van der Waals surface area contributed by atoms with E-state index in [0.717, 1.165) is 29.5 Å². The summed E-state index contributed by atoms with van der Waals surface area (Å²) in [5.74, 6) is -1.85. The summed E-state index contributed by atoms with van der Waals surface area (Å²) in [5.41, 5.74) is -0.159. The quantitative estimate of drug-likeness (QED) is 0.797. The van der Waals surface area contributed by atoms with Gasteiger partial charge in [0.05, 0.1) is 16.3 Å². The van der Waals surface area contributed by atoms with Gasteiger partial charge in [0.1, 0.15) is 10.0 Å². The number of hydrogen-bond donors (Lipinski definition) is 2. The van der Waals surface area contributed by atoms with E-state index < -0.39 is 21.8 Å². The van der Waals surface area contributed by atoms with Crippen LogP contribution in [0.2, 0.25) is 5.02 Å². The number of carbonyl (C=O) groups is 1. The highest BCUT2D eigenvalue weighted by atomic mass is 79.9. The van der Waals surface area contributed by atoms with Crippen molar-refractivity contribution in [1.29, 1.82) is 0 Å². The van der Waals surface area contributed by atoms with Crippen molar-refractivity contribution in [3.8, 4) is 0 Å². The molecule has 0 aliphatic rings. The summed E-state index contributed by atoms with van der Waals surface area (Å²) < 4.78 is 39.6. The molecule has 0 atom stereocenters. The second-order valence-electron chi connectivity index (χ2n) is 3.81. The number of thiophene rings is 1. The molecule has 1 aromatic heterocycles. The number of anilines is 1. The highest BCUT2D eigenvalue weighted by Gasteiger charge is 2.21. The predicted octanol–water partition coefficient (Wildman–Crippen LogP) is 3.80. The van der Waals surface area contributed by atoms with Gasteiger partial charge in [0.15, 0.2) is 0 Å². The van der Waals surface area contributed by atoms with E-state index in [4.69, 9.17) is 16.7 Å². The van der Waals surface area contributed by atoms with Crippen LogP contribution in [0, 0.1) is 5.82 Å². The maximum Gasteiger partial charge on any atom is 0.336 e. The topological polar surface area (TPSA) is 83.5 Å². The summed E-state index contributed by atoms with van der Waals surface area (Å²) in [5, 5.41) is 9.88. The SMILES string of the molecule is O=C(O)c1csc(S(=O)(=O)Nc2c(Cl)cc(F)cc2Br)c1. The number of benzene rings is 1. The van der Waals surface area contributed by atoms with E-state index in [1.54, 1.807) is 0 Å². The zero-order chi connectivity index (χ0) is 15.8. The molecule has 21 heavy (non-hydrogen) atoms. The van der Waals surface area contributed by atoms with Crippen molar-refractivity contribution in [3.63, 3.8) is 0 Å². The summed E-state index contributed by atoms with van der Waals surface area (Å²) in [6, 6.07) is 3.04. The average molecular weight is 415 g/mol. The maximum atomic E-state index is 13.1. The molecular weight excluding hydrogens is 409 g/mol. The van der Waals surface area contributed by atoms with Crippen molar-refractivity contribution >= 4 is 60.5 Å². The van der Waals surface area contributed by atoms with Crippen LogP contribution in [0.15, 0.2) is 32.3 Å². The molecule has 0 aliphatic heterocycles. The van der Waals surface area contributed by atoms with E-state index in [9.17, 15) is 17.6 Å². The summed E-state index contributed by atoms with van der Waals surface area (Å²) in [6.45, 7) is 0. The first-order valence-electron chi connectivity index (χ1n) is 5.20. The first-order valence-corrected chi connectivity index (χ1v) is 8.73. The molecule has 0 saturated heterocycles. The zero-order valence-corrected chi connectivity index (χ0v) is 13.9. The van der Waals surface area contributed by atoms with Crippen molar-refractivity contribution in [2.24, 2.45) is 0 Å². The van der Waals surface area contributed by atoms with Crippen LogP contribution in [0.3, 0.4) is 0 Å². The van der Waals surface area contributed by atoms with Crippen LogP contribution >= 0.6 is 38.9 Å². The molecule has 0 bridgehead atoms. The number of halogens is 3. The molecule has 0 amide bonds. The number of sulfonamides is 1. The summed E-state index contributed by atoms with van der Waals surface area (Å²) in [6.07, 6.45) is 0. The van der Waals surface area contributed by atoms with Gasteiger partial charge in [-0.1, -0.05) is 11.6 Å². The maximum absolute atomic E-state index is 13.1. The lowest BCUT2D eigenvalue weighted by Crippen LogP contribution is -2.12. The van der Waals surface area contributed by atoms with E-state index >= 15 is 0 Å². The normalized spacial score (nSPS) is 11.4. The zero-order valence-electron chi connectivity index (χ0n) is 9.93. The Hall–Kier alpha value is -1.16. The molecule has 0 radical (unpaired) electrons. The van der Waals surface area contributed by atoms with E-state index in [1.165, 1.54) is 5.38 Å². The van der Waals surface area contributed by atoms with Gasteiger partial charge in [-0.15, -0.1) is 11.3 Å². The standard InChI is InChI=1S/C11H6BrClFNO4S2/c12-7-2-6(14)3-8(13)10(7)15-21(18,19)9-1-5(4-20-9)11(16)17/h1-4,15H,(H,16,17). The Morgan fingerprint density at radius 3 is 2.57 bits per heavy atom. The summed E-state index contributed by atoms with van der Waals surface area (Å²) >= 11 is 9.56. The minimum absolute atomic E-state index is 0.0247. The van der Waals surface area contributed by atoms with Gasteiger partial charge in [0.25, 0.3) is 10.0 Å². The third kappa shape index (κ3) is 3.54. The van der Waals surface area contributed by atoms with Crippen LogP contribution in [0.5, 0.6) is 0 Å². The molecule has 2 N–H and O–H groups in total. The van der Waals surface area contributed by atoms with Gasteiger partial charge < -0.3 is 5.11 Å². The molecule has 0 saturated carbocycles. The van der Waals surface area contributed by atoms with E-state index in [-0.39, 0.29) is 25.0 Å². The lowest BCUT2D eigenvalue weighted by Gasteiger charge is -2.10. The van der Waals surface area contributed by atoms with Crippen LogP contribution in [-0.4, -0.2) is 19.5 Å². The number of aromatic carboxylic acids is 1. The first-order chi connectivity index (χ1) is 9.70. The van der Waals surface area contributed by atoms with Crippen LogP contribution in [-0.2, 0) is 10.0 Å². The Morgan fingerprint density at radius 1 is 1.38 bits per heavy atom. The van der Waals surface area contributed by atoms with Crippen molar-refractivity contribution < 1.29 is 22.7 Å². The fourth-order valence-electron chi connectivity index (χ4n) is 1.39. The predicted molar refractivity (Wildman–Crippen MR) is 81.2 cm³/mol. The van der Waals surface area contributed by atoms with Crippen LogP contribution in [0.25, 0.3) is 0 Å². The van der Waals surface area contributed by atoms with E-state index in [1.807, 2.05) is 0 Å². The van der Waals surface area contributed by atoms with Crippen molar-refractivity contribution in [3.05, 3.63) is 44.5 Å². The van der Waals surface area contributed by atoms with Gasteiger partial charge in [-0.05, 0) is 34.1 Å². The van der Waals surface area contributed by atoms with Crippen LogP contribution in [0.1, 0.15) is 10.4 Å². The molecule has 1 aromatic carbocycles. The third-order valence-corrected chi connectivity index (χ3v) is 6.04. The number of carboxylic acids is 1. The molecule has 112 valence electrons. The fraction of sp³-hybridized carbons (Fsp3) is 0. The molecule has 5 nitrogen and oxygen atoms in total. The molecule has 2 aromatic rings. The van der Waals surface area contributed by atoms with Crippen molar-refractivity contribution in [2.75, 3.05) is 4.72 Å². The van der Waals surface area contributed by atoms with Gasteiger partial charge in [0.2, 0.25) is 0 Å². The summed E-state index contributed by atoms with van der Waals surface area (Å²) in [4.78, 5) is 10.8. The largest absolute Gasteiger partial charge is 0.478 e. The van der Waals surface area contributed by atoms with Crippen molar-refractivity contribution in [2.45, 2.75) is 4.21 Å². The molecule has 0 aliphatic carbocycles. The lowest BCUT2D eigenvalue weighted by molar-refractivity contribution is 0.0697. The Bertz CT molecular complexity index is 798. The minimum Gasteiger partial charge on any atom is -0.478 e. The second-order valence-corrected chi connectivity index (χ2v) is 7.89. The lowest BCUT2D eigenvalue weighted by atomic mass is 10.3. The van der Waals surface area contributed by atoms with E-state index in [2.05, 4.69) is 20.7 Å². The van der Waals surface area contributed by atoms with Crippen LogP contribution in [0.4, 0.5) is 10.1 Å². The highest BCUT2D eigenvalue weighted by Crippen LogP contribution is 2.34. The monoisotopic (exact) mass is 413 g/mol. The molecule has 2 rings (SSSR count). The van der Waals surface area contributed by atoms with Gasteiger partial charge >= 0.3 is 5.97 Å². The Kier molecular flexibility index (Phi) is 4.57. The van der Waals surface area contributed by atoms with E-state index in [0.29, 0.717) is 0 Å². The van der Waals surface area contributed by atoms with Gasteiger partial charge in [0, 0.05) is 9.85 Å². The third-order valence-electron chi connectivity index (χ3n) is 2.33. The second kappa shape index (κ2) is 5.91. The number of hydrogen-bond acceptors (Lipinski definition) is 4. The molecule has 0 spiro atoms. The summed E-state index contributed by atoms with van der Waals surface area (Å²) in [7, 11) is -4.02. The highest BCUT2D eigenvalue weighted by molar-refractivity contribution is 9.10. The number of carboxylic acid groups (broad SMARTS) is 1. The Morgan fingerprint density at radius 2 is 2.05 bits per heavy atom. The molecule has 1 heterocycles. The van der Waals surface area contributed by atoms with Gasteiger partial charge in [-0.2, -0.15) is 0 Å². The number of rotatable bonds is 4. The van der Waals surface area contributed by atoms with Crippen LogP contribution < -0.4 is 4.72 Å². The smallest absolute Gasteiger partial charge is 0.336 e. The minimum atomic E-state index is -4.02. The first kappa shape index (κ1) is 16.2. The van der Waals surface area contributed by atoms with Crippen molar-refractivity contribution in [1.82, 2.24) is 0 Å². The van der Waals surface area contributed by atoms with Gasteiger partial charge in [-0.3, -0.25) is 4.72 Å². The fourth-order valence-corrected chi connectivity index (χ4v) is 4.73. The number of nitrogens with one attached hydrogen (secondary N) is 1. The molecule has 0 unspecified atom stereocenters. The molecule has 10 heteroatoms. The van der Waals surface area contributed by atoms with Gasteiger partial charge in [-0.25, -0.2) is 17.6 Å². The Balaban J connectivity index is 2.40. The molecular formula is C11H6BrClFNO4S2.